The van der Waals surface area contributed by atoms with Gasteiger partial charge in [-0.2, -0.15) is 0 Å². The summed E-state index contributed by atoms with van der Waals surface area (Å²) in [6, 6.07) is 4.62. The van der Waals surface area contributed by atoms with Crippen LogP contribution in [0.1, 0.15) is 12.8 Å². The first-order valence-electron chi connectivity index (χ1n) is 5.81. The molecule has 3 rings (SSSR count). The molecular weight excluding hydrogens is 295 g/mol. The smallest absolute Gasteiger partial charge is 0.151 e. The van der Waals surface area contributed by atoms with E-state index in [1.54, 1.807) is 6.07 Å². The first kappa shape index (κ1) is 15.8. The third-order valence-corrected chi connectivity index (χ3v) is 3.52. The maximum atomic E-state index is 5.72. The highest BCUT2D eigenvalue weighted by molar-refractivity contribution is 6.29. The second kappa shape index (κ2) is 6.75. The predicted molar refractivity (Wildman–Crippen MR) is 78.3 cm³/mol. The highest BCUT2D eigenvalue weighted by Gasteiger charge is 2.31. The lowest BCUT2D eigenvalue weighted by molar-refractivity contribution is 0.247. The van der Waals surface area contributed by atoms with Gasteiger partial charge in [-0.15, -0.1) is 35.0 Å². The Bertz CT molecular complexity index is 361. The summed E-state index contributed by atoms with van der Waals surface area (Å²) in [6.45, 7) is 4.39. The molecule has 0 atom stereocenters. The minimum absolute atomic E-state index is 0. The molecule has 2 heterocycles. The number of piperazine rings is 1. The molecule has 102 valence electrons. The van der Waals surface area contributed by atoms with Crippen LogP contribution in [0.3, 0.4) is 0 Å². The Morgan fingerprint density at radius 3 is 2.17 bits per heavy atom. The monoisotopic (exact) mass is 310 g/mol. The first-order chi connectivity index (χ1) is 7.83. The van der Waals surface area contributed by atoms with Gasteiger partial charge in [-0.05, 0) is 25.0 Å². The maximum Gasteiger partial charge on any atom is 0.151 e. The standard InChI is InChI=1S/C11H15ClN4.2ClH/c12-10-3-4-11(14-13-10)16-7-5-15(6-8-16)9-1-2-9;;/h3-4,9H,1-2,5-8H2;2*1H. The van der Waals surface area contributed by atoms with Crippen LogP contribution >= 0.6 is 36.4 Å². The predicted octanol–water partition coefficient (Wildman–Crippen LogP) is 2.26. The molecule has 1 aliphatic carbocycles. The van der Waals surface area contributed by atoms with E-state index in [0.29, 0.717) is 5.15 Å². The van der Waals surface area contributed by atoms with Gasteiger partial charge in [-0.25, -0.2) is 0 Å². The Morgan fingerprint density at radius 1 is 1.00 bits per heavy atom. The Labute approximate surface area is 125 Å². The Morgan fingerprint density at radius 2 is 1.67 bits per heavy atom. The van der Waals surface area contributed by atoms with E-state index in [0.717, 1.165) is 38.0 Å². The van der Waals surface area contributed by atoms with Crippen molar-refractivity contribution in [3.05, 3.63) is 17.3 Å². The molecule has 0 aromatic carbocycles. The van der Waals surface area contributed by atoms with Crippen LogP contribution in [-0.2, 0) is 0 Å². The molecule has 2 aliphatic rings. The SMILES string of the molecule is Cl.Cl.Clc1ccc(N2CCN(C3CC3)CC2)nn1. The fourth-order valence-electron chi connectivity index (χ4n) is 2.23. The Hall–Kier alpha value is -0.290. The van der Waals surface area contributed by atoms with Gasteiger partial charge in [0, 0.05) is 32.2 Å². The van der Waals surface area contributed by atoms with Crippen molar-refractivity contribution < 1.29 is 0 Å². The average molecular weight is 312 g/mol. The lowest BCUT2D eigenvalue weighted by atomic mass is 10.3. The molecule has 0 radical (unpaired) electrons. The van der Waals surface area contributed by atoms with Crippen molar-refractivity contribution in [1.29, 1.82) is 0 Å². The number of aromatic nitrogens is 2. The van der Waals surface area contributed by atoms with Crippen molar-refractivity contribution in [3.8, 4) is 0 Å². The van der Waals surface area contributed by atoms with Gasteiger partial charge in [-0.1, -0.05) is 11.6 Å². The molecule has 0 N–H and O–H groups in total. The van der Waals surface area contributed by atoms with Crippen molar-refractivity contribution in [2.24, 2.45) is 0 Å². The molecule has 1 aliphatic heterocycles. The zero-order valence-corrected chi connectivity index (χ0v) is 12.3. The fourth-order valence-corrected chi connectivity index (χ4v) is 2.33. The molecule has 7 heteroatoms. The van der Waals surface area contributed by atoms with E-state index in [1.165, 1.54) is 12.8 Å². The van der Waals surface area contributed by atoms with Crippen LogP contribution in [0.25, 0.3) is 0 Å². The lowest BCUT2D eigenvalue weighted by Crippen LogP contribution is -2.47. The second-order valence-corrected chi connectivity index (χ2v) is 4.86. The summed E-state index contributed by atoms with van der Waals surface area (Å²) in [7, 11) is 0. The van der Waals surface area contributed by atoms with E-state index in [-0.39, 0.29) is 24.8 Å². The van der Waals surface area contributed by atoms with E-state index in [4.69, 9.17) is 11.6 Å². The maximum absolute atomic E-state index is 5.72. The summed E-state index contributed by atoms with van der Waals surface area (Å²) in [4.78, 5) is 4.86. The molecule has 1 aromatic heterocycles. The Kier molecular flexibility index (Phi) is 5.92. The number of halogens is 3. The molecule has 4 nitrogen and oxygen atoms in total. The number of rotatable bonds is 2. The average Bonchev–Trinajstić information content (AvgIpc) is 3.14. The zero-order chi connectivity index (χ0) is 11.0. The van der Waals surface area contributed by atoms with Crippen LogP contribution in [0.5, 0.6) is 0 Å². The number of anilines is 1. The Balaban J connectivity index is 0.000000810. The van der Waals surface area contributed by atoms with Crippen LogP contribution in [0.4, 0.5) is 5.82 Å². The molecular formula is C11H17Cl3N4. The molecule has 1 aromatic rings. The number of nitrogens with zero attached hydrogens (tertiary/aromatic N) is 4. The molecule has 1 saturated heterocycles. The molecule has 0 bridgehead atoms. The summed E-state index contributed by atoms with van der Waals surface area (Å²) in [5, 5.41) is 8.45. The van der Waals surface area contributed by atoms with Gasteiger partial charge in [0.05, 0.1) is 0 Å². The van der Waals surface area contributed by atoms with Crippen molar-refractivity contribution in [2.75, 3.05) is 31.1 Å². The molecule has 18 heavy (non-hydrogen) atoms. The van der Waals surface area contributed by atoms with Gasteiger partial charge in [0.1, 0.15) is 0 Å². The number of hydrogen-bond donors (Lipinski definition) is 0. The summed E-state index contributed by atoms with van der Waals surface area (Å²) >= 11 is 5.72. The first-order valence-corrected chi connectivity index (χ1v) is 6.19. The second-order valence-electron chi connectivity index (χ2n) is 4.47. The van der Waals surface area contributed by atoms with Crippen LogP contribution in [-0.4, -0.2) is 47.3 Å². The minimum atomic E-state index is 0. The summed E-state index contributed by atoms with van der Waals surface area (Å²) in [6.07, 6.45) is 2.78. The van der Waals surface area contributed by atoms with E-state index in [1.807, 2.05) is 6.07 Å². The summed E-state index contributed by atoms with van der Waals surface area (Å²) in [5.74, 6) is 0.944. The van der Waals surface area contributed by atoms with Crippen molar-refractivity contribution >= 4 is 42.2 Å². The van der Waals surface area contributed by atoms with Gasteiger partial charge in [0.15, 0.2) is 11.0 Å². The van der Waals surface area contributed by atoms with Gasteiger partial charge in [-0.3, -0.25) is 4.90 Å². The quantitative estimate of drug-likeness (QED) is 0.838. The van der Waals surface area contributed by atoms with Crippen LogP contribution in [0.15, 0.2) is 12.1 Å². The van der Waals surface area contributed by atoms with Crippen LogP contribution in [0.2, 0.25) is 5.15 Å². The fraction of sp³-hybridized carbons (Fsp3) is 0.636. The number of hydrogen-bond acceptors (Lipinski definition) is 4. The van der Waals surface area contributed by atoms with Crippen LogP contribution in [0, 0.1) is 0 Å². The normalized spacial score (nSPS) is 19.9. The molecule has 2 fully saturated rings. The van der Waals surface area contributed by atoms with E-state index in [2.05, 4.69) is 20.0 Å². The van der Waals surface area contributed by atoms with E-state index >= 15 is 0 Å². The van der Waals surface area contributed by atoms with E-state index in [9.17, 15) is 0 Å². The zero-order valence-electron chi connectivity index (χ0n) is 9.96. The largest absolute Gasteiger partial charge is 0.353 e. The van der Waals surface area contributed by atoms with E-state index < -0.39 is 0 Å². The minimum Gasteiger partial charge on any atom is -0.353 e. The topological polar surface area (TPSA) is 32.3 Å². The van der Waals surface area contributed by atoms with Gasteiger partial charge < -0.3 is 4.90 Å². The van der Waals surface area contributed by atoms with Crippen molar-refractivity contribution in [1.82, 2.24) is 15.1 Å². The third-order valence-electron chi connectivity index (χ3n) is 3.32. The highest BCUT2D eigenvalue weighted by atomic mass is 35.5. The third kappa shape index (κ3) is 3.60. The van der Waals surface area contributed by atoms with Gasteiger partial charge >= 0.3 is 0 Å². The van der Waals surface area contributed by atoms with Gasteiger partial charge in [0.25, 0.3) is 0 Å². The van der Waals surface area contributed by atoms with Crippen LogP contribution < -0.4 is 4.90 Å². The summed E-state index contributed by atoms with van der Waals surface area (Å²) in [5.41, 5.74) is 0. The summed E-state index contributed by atoms with van der Waals surface area (Å²) < 4.78 is 0. The molecule has 1 saturated carbocycles. The molecule has 0 amide bonds. The highest BCUT2D eigenvalue weighted by Crippen LogP contribution is 2.28. The van der Waals surface area contributed by atoms with Crippen molar-refractivity contribution in [2.45, 2.75) is 18.9 Å². The lowest BCUT2D eigenvalue weighted by Gasteiger charge is -2.35. The molecule has 0 spiro atoms. The molecule has 0 unspecified atom stereocenters. The van der Waals surface area contributed by atoms with Gasteiger partial charge in [0.2, 0.25) is 0 Å². The van der Waals surface area contributed by atoms with Crippen molar-refractivity contribution in [3.63, 3.8) is 0 Å².